The van der Waals surface area contributed by atoms with Gasteiger partial charge in [-0.2, -0.15) is 0 Å². The van der Waals surface area contributed by atoms with E-state index in [1.165, 1.54) is 83.5 Å². The van der Waals surface area contributed by atoms with E-state index in [4.69, 9.17) is 0 Å². The molecule has 0 saturated heterocycles. The van der Waals surface area contributed by atoms with Crippen molar-refractivity contribution in [2.75, 3.05) is 0 Å². The molecule has 0 aliphatic heterocycles. The SMILES string of the molecule is C/C=C(/CCCCCC)C(OP(OC(/C(=C/C)CCCCCC)(c1ccc(C(C)(C)C)cc1C(C)(C)C)c1ccc(C(C)(C)C)cc1C(C)(C)C)OC(/C(=C/C)CCCCCC)(c1ccc(C(C)(C)C)cc1C(C)(C)C)c1ccc(C(C)(C)C)cc1C(C)(C)C)(c1ccc(C(C)(C)C)cc1C(C)(C)C)c1ccc(C(C)(C)C)cc1C(C)(C)C. The Balaban J connectivity index is 2.36. The molecule has 0 N–H and O–H groups in total. The van der Waals surface area contributed by atoms with E-state index >= 15 is 0 Å². The van der Waals surface area contributed by atoms with E-state index in [-0.39, 0.29) is 32.5 Å². The van der Waals surface area contributed by atoms with Crippen molar-refractivity contribution in [1.29, 1.82) is 0 Å². The molecule has 0 aliphatic carbocycles. The van der Waals surface area contributed by atoms with E-state index in [9.17, 15) is 13.6 Å². The van der Waals surface area contributed by atoms with Crippen molar-refractivity contribution in [3.8, 4) is 0 Å². The molecule has 656 valence electrons. The second-order valence-electron chi connectivity index (χ2n) is 48.0. The number of hydrogen-bond acceptors (Lipinski definition) is 3. The standard InChI is InChI=1S/C114H177O3P/c1-43-49-52-55-58-79(46-4)112(88-67-61-82(100(7,8)9)73-94(88)106(25,26)27,89-68-62-83(101(10,11)12)74-95(89)107(28,29)30)115-118(116-113(80(47-5)59-56-53-50-44-2,90-69-63-84(102(13,14)15)75-96(90)108(31,32)33)91-70-64-85(103(16,17)18)76-97(91)109(34,35)36)117-114(81(48-6)60-57-54-51-45-3,92-71-65-86(104(19,20)21)77-98(92)110(37,38)39)93-72-66-87(105(22,23)24)78-99(93)111(40,41)42/h46-48,61-78H,43-45,49-60H2,1-42H3/b79-46-,80-47+,81-48+. The number of benzene rings is 6. The molecular formula is C114H177O3P. The number of rotatable bonds is 30. The maximum Gasteiger partial charge on any atom is 0.337 e. The van der Waals surface area contributed by atoms with Crippen molar-refractivity contribution < 1.29 is 13.6 Å². The summed E-state index contributed by atoms with van der Waals surface area (Å²) in [6.45, 7) is 101. The first-order valence-corrected chi connectivity index (χ1v) is 47.7. The third-order valence-electron chi connectivity index (χ3n) is 25.4. The molecule has 6 aromatic rings. The first-order valence-electron chi connectivity index (χ1n) is 46.6. The van der Waals surface area contributed by atoms with Gasteiger partial charge in [0.05, 0.1) is 0 Å². The summed E-state index contributed by atoms with van der Waals surface area (Å²) in [7, 11) is -2.84. The number of unbranched alkanes of at least 4 members (excludes halogenated alkanes) is 9. The molecule has 118 heavy (non-hydrogen) atoms. The molecule has 0 bridgehead atoms. The minimum atomic E-state index is -2.84. The Bertz CT molecular complexity index is 3730. The quantitative estimate of drug-likeness (QED) is 0.0256. The third kappa shape index (κ3) is 23.6. The fourth-order valence-corrected chi connectivity index (χ4v) is 19.5. The second kappa shape index (κ2) is 38.1. The van der Waals surface area contributed by atoms with Crippen LogP contribution in [0.1, 0.15) is 487 Å². The topological polar surface area (TPSA) is 27.7 Å². The Hall–Kier alpha value is -5.15. The Morgan fingerprint density at radius 2 is 0.364 bits per heavy atom. The monoisotopic (exact) mass is 1630 g/mol. The summed E-state index contributed by atoms with van der Waals surface area (Å²) in [5, 5.41) is 0. The van der Waals surface area contributed by atoms with Gasteiger partial charge in [-0.05, 0) is 241 Å². The number of allylic oxidation sites excluding steroid dienone is 3. The predicted octanol–water partition coefficient (Wildman–Crippen LogP) is 35.4. The lowest BCUT2D eigenvalue weighted by molar-refractivity contribution is 0.00931. The smallest absolute Gasteiger partial charge is 0.291 e. The summed E-state index contributed by atoms with van der Waals surface area (Å²) in [4.78, 5) is 0. The Labute approximate surface area is 730 Å². The summed E-state index contributed by atoms with van der Waals surface area (Å²) in [5.41, 5.74) is 17.8. The Kier molecular flexibility index (Phi) is 32.8. The van der Waals surface area contributed by atoms with Crippen LogP contribution in [0.5, 0.6) is 0 Å². The van der Waals surface area contributed by atoms with Gasteiger partial charge in [0, 0.05) is 0 Å². The lowest BCUT2D eigenvalue weighted by Crippen LogP contribution is -2.43. The van der Waals surface area contributed by atoms with E-state index in [2.05, 4.69) is 418 Å². The fraction of sp³-hybridized carbons (Fsp3) is 0.632. The van der Waals surface area contributed by atoms with Gasteiger partial charge in [-0.25, -0.2) is 0 Å². The summed E-state index contributed by atoms with van der Waals surface area (Å²) in [5.74, 6) is 0. The van der Waals surface area contributed by atoms with E-state index in [1.54, 1.807) is 0 Å². The molecule has 3 nitrogen and oxygen atoms in total. The van der Waals surface area contributed by atoms with Crippen LogP contribution >= 0.6 is 8.60 Å². The lowest BCUT2D eigenvalue weighted by atomic mass is 9.66. The van der Waals surface area contributed by atoms with Crippen molar-refractivity contribution in [1.82, 2.24) is 0 Å². The molecule has 6 aromatic carbocycles. The molecule has 6 rings (SSSR count). The Morgan fingerprint density at radius 1 is 0.212 bits per heavy atom. The van der Waals surface area contributed by atoms with Gasteiger partial charge in [0.1, 0.15) is 16.8 Å². The molecular weight excluding hydrogens is 1450 g/mol. The van der Waals surface area contributed by atoms with Gasteiger partial charge in [0.15, 0.2) is 0 Å². The predicted molar refractivity (Wildman–Crippen MR) is 523 cm³/mol. The van der Waals surface area contributed by atoms with Gasteiger partial charge in [0.2, 0.25) is 0 Å². The molecule has 0 atom stereocenters. The molecule has 0 saturated carbocycles. The highest BCUT2D eigenvalue weighted by Crippen LogP contribution is 2.68. The van der Waals surface area contributed by atoms with Crippen LogP contribution in [0, 0.1) is 0 Å². The summed E-state index contributed by atoms with van der Waals surface area (Å²) in [6.07, 6.45) is 22.7. The van der Waals surface area contributed by atoms with Gasteiger partial charge in [0.25, 0.3) is 0 Å². The molecule has 0 fully saturated rings. The minimum absolute atomic E-state index is 0.185. The van der Waals surface area contributed by atoms with Gasteiger partial charge >= 0.3 is 8.60 Å². The van der Waals surface area contributed by atoms with Crippen molar-refractivity contribution in [3.05, 3.63) is 244 Å². The van der Waals surface area contributed by atoms with Crippen molar-refractivity contribution in [3.63, 3.8) is 0 Å². The maximum absolute atomic E-state index is 9.93. The largest absolute Gasteiger partial charge is 0.337 e. The van der Waals surface area contributed by atoms with E-state index in [1.807, 2.05) is 0 Å². The first-order chi connectivity index (χ1) is 53.8. The molecule has 0 aromatic heterocycles. The number of hydrogen-bond donors (Lipinski definition) is 0. The minimum Gasteiger partial charge on any atom is -0.291 e. The average molecular weight is 1630 g/mol. The zero-order valence-electron chi connectivity index (χ0n) is 84.4. The summed E-state index contributed by atoms with van der Waals surface area (Å²) < 4.78 is 29.8. The van der Waals surface area contributed by atoms with Crippen LogP contribution < -0.4 is 0 Å². The second-order valence-corrected chi connectivity index (χ2v) is 49.0. The first kappa shape index (κ1) is 102. The van der Waals surface area contributed by atoms with E-state index in [0.717, 1.165) is 130 Å². The highest BCUT2D eigenvalue weighted by atomic mass is 31.2. The summed E-state index contributed by atoms with van der Waals surface area (Å²) >= 11 is 0. The van der Waals surface area contributed by atoms with Gasteiger partial charge in [-0.15, -0.1) is 0 Å². The molecule has 0 amide bonds. The van der Waals surface area contributed by atoms with Crippen LogP contribution in [-0.4, -0.2) is 0 Å². The van der Waals surface area contributed by atoms with Gasteiger partial charge in [-0.3, -0.25) is 13.6 Å². The van der Waals surface area contributed by atoms with Crippen LogP contribution in [0.25, 0.3) is 0 Å². The normalized spacial score (nSPS) is 14.5. The van der Waals surface area contributed by atoms with Crippen LogP contribution in [0.2, 0.25) is 0 Å². The zero-order valence-corrected chi connectivity index (χ0v) is 85.3. The lowest BCUT2D eigenvalue weighted by Gasteiger charge is -2.50. The van der Waals surface area contributed by atoms with Gasteiger partial charge < -0.3 is 0 Å². The fourth-order valence-electron chi connectivity index (χ4n) is 17.8. The molecule has 0 radical (unpaired) electrons. The van der Waals surface area contributed by atoms with Gasteiger partial charge in [-0.1, -0.05) is 455 Å². The molecule has 0 heterocycles. The third-order valence-corrected chi connectivity index (χ3v) is 26.6. The Morgan fingerprint density at radius 3 is 0.483 bits per heavy atom. The highest BCUT2D eigenvalue weighted by molar-refractivity contribution is 7.41. The van der Waals surface area contributed by atoms with Crippen molar-refractivity contribution in [2.24, 2.45) is 0 Å². The maximum atomic E-state index is 9.93. The zero-order chi connectivity index (χ0) is 89.8. The van der Waals surface area contributed by atoms with E-state index in [0.29, 0.717) is 0 Å². The van der Waals surface area contributed by atoms with Crippen molar-refractivity contribution >= 4 is 8.60 Å². The van der Waals surface area contributed by atoms with Crippen LogP contribution in [0.4, 0.5) is 0 Å². The van der Waals surface area contributed by atoms with Crippen LogP contribution in [-0.2, 0) is 95.4 Å². The molecule has 4 heteroatoms. The molecule has 0 aliphatic rings. The average Bonchev–Trinajstić information content (AvgIpc) is 0.707. The van der Waals surface area contributed by atoms with E-state index < -0.39 is 57.9 Å². The molecule has 0 spiro atoms. The van der Waals surface area contributed by atoms with Crippen LogP contribution in [0.3, 0.4) is 0 Å². The summed E-state index contributed by atoms with van der Waals surface area (Å²) in [6, 6.07) is 45.4. The molecule has 0 unspecified atom stereocenters. The van der Waals surface area contributed by atoms with Crippen molar-refractivity contribution in [2.45, 2.75) is 469 Å². The highest BCUT2D eigenvalue weighted by Gasteiger charge is 2.57. The van der Waals surface area contributed by atoms with Crippen LogP contribution in [0.15, 0.2) is 144 Å².